The molecule has 0 radical (unpaired) electrons. The van der Waals surface area contributed by atoms with Crippen LogP contribution in [0.5, 0.6) is 0 Å². The molecule has 1 aliphatic rings. The summed E-state index contributed by atoms with van der Waals surface area (Å²) >= 11 is 0. The predicted octanol–water partition coefficient (Wildman–Crippen LogP) is 5.98. The van der Waals surface area contributed by atoms with E-state index in [1.54, 1.807) is 0 Å². The minimum absolute atomic E-state index is 0.0949. The lowest BCUT2D eigenvalue weighted by molar-refractivity contribution is -0.303. The van der Waals surface area contributed by atoms with Crippen LogP contribution in [0.4, 0.5) is 0 Å². The lowest BCUT2D eigenvalue weighted by atomic mass is 9.98. The Morgan fingerprint density at radius 2 is 1.00 bits per heavy atom. The van der Waals surface area contributed by atoms with Crippen molar-refractivity contribution in [3.05, 3.63) is 0 Å². The van der Waals surface area contributed by atoms with Crippen LogP contribution < -0.4 is 16.0 Å². The van der Waals surface area contributed by atoms with Crippen LogP contribution >= 0.6 is 0 Å². The van der Waals surface area contributed by atoms with Gasteiger partial charge in [-0.15, -0.1) is 0 Å². The van der Waals surface area contributed by atoms with Crippen molar-refractivity contribution in [2.24, 2.45) is 0 Å². The van der Waals surface area contributed by atoms with Crippen molar-refractivity contribution >= 4 is 17.7 Å². The summed E-state index contributed by atoms with van der Waals surface area (Å²) in [6.45, 7) is 4.58. The second-order valence-corrected chi connectivity index (χ2v) is 17.4. The Bertz CT molecular complexity index is 1070. The number of unbranched alkanes of at least 4 members (excludes halogenated alkanes) is 23. The van der Waals surface area contributed by atoms with Gasteiger partial charge >= 0.3 is 0 Å². The molecule has 360 valence electrons. The summed E-state index contributed by atoms with van der Waals surface area (Å²) in [7, 11) is 0. The van der Waals surface area contributed by atoms with Crippen molar-refractivity contribution < 1.29 is 54.5 Å². The molecule has 0 bridgehead atoms. The van der Waals surface area contributed by atoms with Crippen LogP contribution in [0.15, 0.2) is 0 Å². The number of carbonyl (C=O) groups is 3. The molecule has 1 rings (SSSR count). The highest BCUT2D eigenvalue weighted by Gasteiger charge is 2.44. The summed E-state index contributed by atoms with van der Waals surface area (Å²) in [6.07, 6.45) is 20.1. The van der Waals surface area contributed by atoms with E-state index < -0.39 is 55.6 Å². The van der Waals surface area contributed by atoms with Gasteiger partial charge in [-0.2, -0.15) is 0 Å². The number of carbonyl (C=O) groups excluding carboxylic acids is 3. The molecule has 0 saturated carbocycles. The molecule has 1 heterocycles. The first-order chi connectivity index (χ1) is 29.5. The summed E-state index contributed by atoms with van der Waals surface area (Å²) in [5.74, 6) is -0.0751. The fraction of sp³-hybridized carbons (Fsp3) is 0.936. The molecule has 0 aromatic heterocycles. The van der Waals surface area contributed by atoms with Gasteiger partial charge in [-0.25, -0.2) is 0 Å². The van der Waals surface area contributed by atoms with Crippen LogP contribution in [-0.2, 0) is 23.9 Å². The van der Waals surface area contributed by atoms with Crippen molar-refractivity contribution in [1.29, 1.82) is 0 Å². The number of hydrogen-bond acceptors (Lipinski definition) is 11. The Morgan fingerprint density at radius 3 is 1.49 bits per heavy atom. The van der Waals surface area contributed by atoms with Crippen LogP contribution in [0, 0.1) is 0 Å². The Morgan fingerprint density at radius 1 is 0.557 bits per heavy atom. The van der Waals surface area contributed by atoms with Crippen LogP contribution in [0.25, 0.3) is 0 Å². The van der Waals surface area contributed by atoms with E-state index in [1.807, 2.05) is 6.92 Å². The van der Waals surface area contributed by atoms with Gasteiger partial charge < -0.3 is 56.1 Å². The molecule has 1 fully saturated rings. The molecular weight excluding hydrogens is 783 g/mol. The van der Waals surface area contributed by atoms with Gasteiger partial charge in [0.25, 0.3) is 0 Å². The van der Waals surface area contributed by atoms with Crippen molar-refractivity contribution in [1.82, 2.24) is 16.0 Å². The van der Waals surface area contributed by atoms with E-state index in [9.17, 15) is 45.0 Å². The highest BCUT2D eigenvalue weighted by molar-refractivity contribution is 5.76. The fourth-order valence-electron chi connectivity index (χ4n) is 7.80. The normalized spacial score (nSPS) is 20.6. The van der Waals surface area contributed by atoms with Crippen LogP contribution in [0.1, 0.15) is 206 Å². The summed E-state index contributed by atoms with van der Waals surface area (Å²) in [4.78, 5) is 36.3. The number of rotatable bonds is 41. The van der Waals surface area contributed by atoms with Crippen LogP contribution in [0.3, 0.4) is 0 Å². The quantitative estimate of drug-likeness (QED) is 0.0325. The number of nitrogens with one attached hydrogen (secondary N) is 3. The van der Waals surface area contributed by atoms with E-state index in [2.05, 4.69) is 22.9 Å². The van der Waals surface area contributed by atoms with Crippen molar-refractivity contribution in [2.75, 3.05) is 26.3 Å². The number of hydrogen-bond donors (Lipinski definition) is 9. The van der Waals surface area contributed by atoms with Gasteiger partial charge in [0.05, 0.1) is 25.4 Å². The first-order valence-electron chi connectivity index (χ1n) is 24.7. The molecule has 0 spiro atoms. The zero-order valence-electron chi connectivity index (χ0n) is 38.4. The van der Waals surface area contributed by atoms with Gasteiger partial charge in [-0.05, 0) is 32.1 Å². The minimum Gasteiger partial charge on any atom is -0.394 e. The molecule has 3 amide bonds. The topological polar surface area (TPSA) is 227 Å². The van der Waals surface area contributed by atoms with Crippen molar-refractivity contribution in [2.45, 2.75) is 255 Å². The van der Waals surface area contributed by atoms with Gasteiger partial charge in [-0.3, -0.25) is 14.4 Å². The zero-order valence-corrected chi connectivity index (χ0v) is 38.4. The Hall–Kier alpha value is -1.91. The first kappa shape index (κ1) is 57.1. The van der Waals surface area contributed by atoms with Gasteiger partial charge in [0.1, 0.15) is 30.5 Å². The molecule has 2 unspecified atom stereocenters. The minimum atomic E-state index is -1.62. The van der Waals surface area contributed by atoms with Gasteiger partial charge in [0.15, 0.2) is 6.29 Å². The van der Waals surface area contributed by atoms with E-state index >= 15 is 0 Å². The molecule has 0 aliphatic carbocycles. The average Bonchev–Trinajstić information content (AvgIpc) is 3.25. The number of ether oxygens (including phenoxy) is 2. The highest BCUT2D eigenvalue weighted by atomic mass is 16.7. The smallest absolute Gasteiger partial charge is 0.220 e. The molecular formula is C47H91N3O11. The Balaban J connectivity index is 2.30. The van der Waals surface area contributed by atoms with E-state index in [0.29, 0.717) is 32.2 Å². The highest BCUT2D eigenvalue weighted by Crippen LogP contribution is 2.23. The van der Waals surface area contributed by atoms with E-state index in [-0.39, 0.29) is 30.7 Å². The number of amides is 3. The molecule has 9 N–H and O–H groups in total. The summed E-state index contributed by atoms with van der Waals surface area (Å²) in [5.41, 5.74) is 0. The fourth-order valence-corrected chi connectivity index (χ4v) is 7.80. The van der Waals surface area contributed by atoms with Crippen molar-refractivity contribution in [3.63, 3.8) is 0 Å². The average molecular weight is 874 g/mol. The molecule has 14 heteroatoms. The van der Waals surface area contributed by atoms with Crippen LogP contribution in [-0.4, -0.2) is 124 Å². The predicted molar refractivity (Wildman–Crippen MR) is 240 cm³/mol. The molecule has 0 aromatic carbocycles. The van der Waals surface area contributed by atoms with Crippen LogP contribution in [0.2, 0.25) is 0 Å². The third-order valence-corrected chi connectivity index (χ3v) is 11.9. The maximum Gasteiger partial charge on any atom is 0.220 e. The van der Waals surface area contributed by atoms with Crippen molar-refractivity contribution in [3.8, 4) is 0 Å². The summed E-state index contributed by atoms with van der Waals surface area (Å²) in [6, 6.07) is -1.02. The third kappa shape index (κ3) is 29.2. The first-order valence-corrected chi connectivity index (χ1v) is 24.7. The van der Waals surface area contributed by atoms with Gasteiger partial charge in [0.2, 0.25) is 17.7 Å². The summed E-state index contributed by atoms with van der Waals surface area (Å²) in [5, 5.41) is 71.1. The monoisotopic (exact) mass is 874 g/mol. The lowest BCUT2D eigenvalue weighted by Gasteiger charge is -2.40. The van der Waals surface area contributed by atoms with E-state index in [0.717, 1.165) is 116 Å². The maximum atomic E-state index is 13.0. The van der Waals surface area contributed by atoms with Gasteiger partial charge in [-0.1, -0.05) is 155 Å². The lowest BCUT2D eigenvalue weighted by Crippen LogP contribution is -2.60. The SMILES string of the molecule is CCCCCCCCCCCCCC[C@@H](O)[C@@H](O)[C@H](CO[C@H]1OC(CO)[C@H](O)[C@H](O)C1O)NC(=O)CCCCCCCCCCCNC(=O)CCCCCCCNC(=O)CC. The van der Waals surface area contributed by atoms with E-state index in [4.69, 9.17) is 9.47 Å². The molecule has 8 atom stereocenters. The second-order valence-electron chi connectivity index (χ2n) is 17.4. The molecule has 0 aromatic rings. The van der Waals surface area contributed by atoms with Gasteiger partial charge in [0, 0.05) is 32.4 Å². The Labute approximate surface area is 369 Å². The molecule has 14 nitrogen and oxygen atoms in total. The number of aliphatic hydroxyl groups is 6. The maximum absolute atomic E-state index is 13.0. The molecule has 1 saturated heterocycles. The Kier molecular flexibility index (Phi) is 36.1. The standard InChI is InChI=1S/C47H91N3O11/c1-3-5-6-7-8-9-10-11-13-16-20-25-30-38(52)43(56)37(36-60-47-46(59)45(58)44(57)39(35-51)61-47)50-42(55)32-27-21-17-14-12-15-18-23-29-34-49-41(54)31-26-22-19-24-28-33-48-40(53)4-2/h37-39,43-47,51-52,56-59H,3-36H2,1-2H3,(H,48,53)(H,49,54)(H,50,55)/t37-,38+,39?,43-,44-,45-,46?,47-/m0/s1. The third-order valence-electron chi connectivity index (χ3n) is 11.9. The number of aliphatic hydroxyl groups excluding tert-OH is 6. The second kappa shape index (κ2) is 38.5. The molecule has 1 aliphatic heterocycles. The van der Waals surface area contributed by atoms with E-state index in [1.165, 1.54) is 51.4 Å². The zero-order chi connectivity index (χ0) is 44.9. The molecule has 61 heavy (non-hydrogen) atoms. The largest absolute Gasteiger partial charge is 0.394 e. The summed E-state index contributed by atoms with van der Waals surface area (Å²) < 4.78 is 11.1.